The van der Waals surface area contributed by atoms with E-state index >= 15 is 0 Å². The molecule has 0 atom stereocenters. The normalized spacial score (nSPS) is 13.4. The van der Waals surface area contributed by atoms with Gasteiger partial charge < -0.3 is 16.0 Å². The van der Waals surface area contributed by atoms with Gasteiger partial charge in [0.25, 0.3) is 0 Å². The summed E-state index contributed by atoms with van der Waals surface area (Å²) in [5.41, 5.74) is 2.05. The third-order valence-electron chi connectivity index (χ3n) is 4.81. The van der Waals surface area contributed by atoms with E-state index < -0.39 is 15.8 Å². The monoisotopic (exact) mass is 456 g/mol. The van der Waals surface area contributed by atoms with E-state index in [-0.39, 0.29) is 28.5 Å². The van der Waals surface area contributed by atoms with Crippen LogP contribution in [0.1, 0.15) is 18.4 Å². The molecule has 32 heavy (non-hydrogen) atoms. The number of amides is 1. The van der Waals surface area contributed by atoms with Crippen molar-refractivity contribution in [3.05, 3.63) is 66.1 Å². The van der Waals surface area contributed by atoms with Crippen LogP contribution in [0.25, 0.3) is 0 Å². The van der Waals surface area contributed by atoms with Crippen molar-refractivity contribution >= 4 is 39.1 Å². The van der Waals surface area contributed by atoms with Gasteiger partial charge >= 0.3 is 0 Å². The minimum atomic E-state index is -3.79. The van der Waals surface area contributed by atoms with E-state index in [0.717, 1.165) is 24.6 Å². The van der Waals surface area contributed by atoms with Crippen LogP contribution in [0.4, 0.5) is 27.5 Å². The van der Waals surface area contributed by atoms with Crippen LogP contribution in [0, 0.1) is 11.7 Å². The number of nitrogens with one attached hydrogen (secondary N) is 3. The highest BCUT2D eigenvalue weighted by Crippen LogP contribution is 2.29. The lowest BCUT2D eigenvalue weighted by Gasteiger charge is -2.11. The lowest BCUT2D eigenvalue weighted by Crippen LogP contribution is -2.24. The number of aromatic nitrogens is 2. The number of sulfonamides is 1. The smallest absolute Gasteiger partial charge is 0.238 e. The minimum absolute atomic E-state index is 0.0269. The fraction of sp³-hybridized carbons (Fsp3) is 0.190. The second-order valence-corrected chi connectivity index (χ2v) is 8.96. The molecule has 3 aromatic rings. The highest BCUT2D eigenvalue weighted by atomic mass is 32.2. The molecule has 11 heteroatoms. The number of hydrogen-bond donors (Lipinski definition) is 4. The number of benzene rings is 2. The zero-order valence-electron chi connectivity index (χ0n) is 16.9. The van der Waals surface area contributed by atoms with Crippen molar-refractivity contribution in [2.45, 2.75) is 24.3 Å². The average Bonchev–Trinajstić information content (AvgIpc) is 3.61. The number of nitrogens with two attached hydrogens (primary N) is 1. The van der Waals surface area contributed by atoms with Gasteiger partial charge in [-0.3, -0.25) is 4.79 Å². The number of hydrogen-bond acceptors (Lipinski definition) is 7. The summed E-state index contributed by atoms with van der Waals surface area (Å²) in [6, 6.07) is 12.9. The lowest BCUT2D eigenvalue weighted by molar-refractivity contribution is -0.122. The van der Waals surface area contributed by atoms with Crippen LogP contribution in [-0.2, 0) is 21.4 Å². The predicted octanol–water partition coefficient (Wildman–Crippen LogP) is 2.78. The van der Waals surface area contributed by atoms with Gasteiger partial charge in [-0.1, -0.05) is 12.1 Å². The van der Waals surface area contributed by atoms with Crippen molar-refractivity contribution in [1.82, 2.24) is 15.3 Å². The van der Waals surface area contributed by atoms with E-state index in [0.29, 0.717) is 17.9 Å². The lowest BCUT2D eigenvalue weighted by atomic mass is 10.2. The Bertz CT molecular complexity index is 1230. The zero-order valence-corrected chi connectivity index (χ0v) is 17.7. The van der Waals surface area contributed by atoms with Crippen LogP contribution < -0.4 is 21.1 Å². The van der Waals surface area contributed by atoms with Crippen molar-refractivity contribution in [1.29, 1.82) is 0 Å². The number of primary sulfonamides is 1. The summed E-state index contributed by atoms with van der Waals surface area (Å²) in [5, 5.41) is 13.8. The molecule has 0 bridgehead atoms. The van der Waals surface area contributed by atoms with Crippen LogP contribution in [0.3, 0.4) is 0 Å². The molecule has 0 saturated heterocycles. The van der Waals surface area contributed by atoms with Gasteiger partial charge in [-0.15, -0.1) is 0 Å². The molecule has 0 spiro atoms. The van der Waals surface area contributed by atoms with E-state index in [4.69, 9.17) is 5.14 Å². The molecule has 1 aliphatic rings. The first-order valence-corrected chi connectivity index (χ1v) is 11.4. The summed E-state index contributed by atoms with van der Waals surface area (Å²) in [7, 11) is -3.79. The van der Waals surface area contributed by atoms with Gasteiger partial charge in [0, 0.05) is 23.8 Å². The number of rotatable bonds is 8. The van der Waals surface area contributed by atoms with Gasteiger partial charge in [0.1, 0.15) is 0 Å². The molecule has 9 nitrogen and oxygen atoms in total. The van der Waals surface area contributed by atoms with Gasteiger partial charge in [0.15, 0.2) is 11.6 Å². The maximum Gasteiger partial charge on any atom is 0.238 e. The Morgan fingerprint density at radius 1 is 1.03 bits per heavy atom. The number of anilines is 4. The highest BCUT2D eigenvalue weighted by Gasteiger charge is 2.29. The maximum absolute atomic E-state index is 14.2. The molecule has 0 unspecified atom stereocenters. The first-order valence-electron chi connectivity index (χ1n) is 9.84. The minimum Gasteiger partial charge on any atom is -0.352 e. The molecule has 1 fully saturated rings. The van der Waals surface area contributed by atoms with Gasteiger partial charge in [-0.25, -0.2) is 22.9 Å². The van der Waals surface area contributed by atoms with Crippen LogP contribution in [0.2, 0.25) is 0 Å². The third-order valence-corrected chi connectivity index (χ3v) is 5.74. The molecule has 4 rings (SSSR count). The third kappa shape index (κ3) is 5.56. The Hall–Kier alpha value is -3.57. The van der Waals surface area contributed by atoms with Crippen molar-refractivity contribution in [3.8, 4) is 0 Å². The molecule has 166 valence electrons. The average molecular weight is 457 g/mol. The molecule has 1 amide bonds. The van der Waals surface area contributed by atoms with Crippen LogP contribution in [0.5, 0.6) is 0 Å². The Balaban J connectivity index is 1.40. The van der Waals surface area contributed by atoms with E-state index in [1.54, 1.807) is 12.1 Å². The number of carbonyl (C=O) groups excluding carboxylic acids is 1. The molecule has 1 aliphatic carbocycles. The van der Waals surface area contributed by atoms with Crippen molar-refractivity contribution in [2.24, 2.45) is 11.1 Å². The number of halogens is 1. The molecule has 1 aromatic heterocycles. The van der Waals surface area contributed by atoms with Crippen molar-refractivity contribution < 1.29 is 17.6 Å². The summed E-state index contributed by atoms with van der Waals surface area (Å²) in [6.07, 6.45) is 2.94. The molecular formula is C21H21FN6O3S. The Morgan fingerprint density at radius 3 is 2.28 bits per heavy atom. The molecule has 1 heterocycles. The first kappa shape index (κ1) is 21.7. The van der Waals surface area contributed by atoms with Gasteiger partial charge in [0.05, 0.1) is 11.1 Å². The molecule has 0 aliphatic heterocycles. The van der Waals surface area contributed by atoms with Crippen molar-refractivity contribution in [3.63, 3.8) is 0 Å². The van der Waals surface area contributed by atoms with Gasteiger partial charge in [-0.05, 0) is 54.8 Å². The topological polar surface area (TPSA) is 139 Å². The van der Waals surface area contributed by atoms with E-state index in [2.05, 4.69) is 25.9 Å². The molecular weight excluding hydrogens is 435 g/mol. The summed E-state index contributed by atoms with van der Waals surface area (Å²) < 4.78 is 36.9. The SMILES string of the molecule is NS(=O)(=O)c1ccc(Nc2ncc(F)c(Nc3ccc(CNC(=O)C4CC4)cc3)n2)cc1. The molecule has 2 aromatic carbocycles. The predicted molar refractivity (Wildman–Crippen MR) is 117 cm³/mol. The molecule has 0 radical (unpaired) electrons. The molecule has 1 saturated carbocycles. The first-order chi connectivity index (χ1) is 15.3. The van der Waals surface area contributed by atoms with Crippen LogP contribution in [-0.4, -0.2) is 24.3 Å². The second-order valence-electron chi connectivity index (χ2n) is 7.40. The van der Waals surface area contributed by atoms with Gasteiger partial charge in [0.2, 0.25) is 21.9 Å². The largest absolute Gasteiger partial charge is 0.352 e. The number of nitrogens with zero attached hydrogens (tertiary/aromatic N) is 2. The fourth-order valence-corrected chi connectivity index (χ4v) is 3.41. The standard InChI is InChI=1S/C21H21FN6O3S/c22-18-12-25-21(27-16-7-9-17(10-8-16)32(23,30)31)28-19(18)26-15-5-1-13(2-6-15)11-24-20(29)14-3-4-14/h1-2,5-10,12,14H,3-4,11H2,(H,24,29)(H2,23,30,31)(H2,25,26,27,28). The van der Waals surface area contributed by atoms with E-state index in [9.17, 15) is 17.6 Å². The van der Waals surface area contributed by atoms with Crippen LogP contribution >= 0.6 is 0 Å². The summed E-state index contributed by atoms with van der Waals surface area (Å²) in [4.78, 5) is 19.7. The summed E-state index contributed by atoms with van der Waals surface area (Å²) in [5.74, 6) is -0.309. The quantitative estimate of drug-likeness (QED) is 0.409. The Morgan fingerprint density at radius 2 is 1.66 bits per heavy atom. The summed E-state index contributed by atoms with van der Waals surface area (Å²) >= 11 is 0. The molecule has 5 N–H and O–H groups in total. The Labute approximate surface area is 184 Å². The number of carbonyl (C=O) groups is 1. The van der Waals surface area contributed by atoms with E-state index in [1.807, 2.05) is 12.1 Å². The van der Waals surface area contributed by atoms with Gasteiger partial charge in [-0.2, -0.15) is 4.98 Å². The van der Waals surface area contributed by atoms with Crippen molar-refractivity contribution in [2.75, 3.05) is 10.6 Å². The van der Waals surface area contributed by atoms with E-state index in [1.165, 1.54) is 24.3 Å². The van der Waals surface area contributed by atoms with Crippen LogP contribution in [0.15, 0.2) is 59.6 Å². The second kappa shape index (κ2) is 8.89. The maximum atomic E-state index is 14.2. The zero-order chi connectivity index (χ0) is 22.7. The Kier molecular flexibility index (Phi) is 6.01. The highest BCUT2D eigenvalue weighted by molar-refractivity contribution is 7.89. The fourth-order valence-electron chi connectivity index (χ4n) is 2.89. The summed E-state index contributed by atoms with van der Waals surface area (Å²) in [6.45, 7) is 0.440.